The second-order valence-electron chi connectivity index (χ2n) is 5.15. The van der Waals surface area contributed by atoms with Crippen LogP contribution in [0.5, 0.6) is 0 Å². The highest BCUT2D eigenvalue weighted by Crippen LogP contribution is 2.30. The predicted molar refractivity (Wildman–Crippen MR) is 76.0 cm³/mol. The number of methoxy groups -OCH3 is 1. The van der Waals surface area contributed by atoms with Gasteiger partial charge in [-0.25, -0.2) is 4.39 Å². The fourth-order valence-corrected chi connectivity index (χ4v) is 2.32. The summed E-state index contributed by atoms with van der Waals surface area (Å²) >= 11 is 0. The molecule has 0 saturated heterocycles. The molecule has 1 N–H and O–H groups in total. The van der Waals surface area contributed by atoms with Crippen LogP contribution in [0, 0.1) is 5.82 Å². The molecular formula is C15H23FN2O. The Balaban J connectivity index is 1.92. The average molecular weight is 266 g/mol. The van der Waals surface area contributed by atoms with E-state index in [0.717, 1.165) is 12.1 Å². The van der Waals surface area contributed by atoms with E-state index in [2.05, 4.69) is 10.2 Å². The summed E-state index contributed by atoms with van der Waals surface area (Å²) in [6.07, 6.45) is 3.62. The fraction of sp³-hybridized carbons (Fsp3) is 0.600. The Morgan fingerprint density at radius 1 is 1.42 bits per heavy atom. The standard InChI is InChI=1S/C15H23FN2O/c1-18(13-4-3-5-13)15-7-6-12(10-14(15)16)11-17-8-9-19-2/h6-7,10,13,17H,3-5,8-9,11H2,1-2H3. The lowest BCUT2D eigenvalue weighted by Crippen LogP contribution is -2.37. The minimum atomic E-state index is -0.125. The van der Waals surface area contributed by atoms with Crippen LogP contribution in [0.15, 0.2) is 18.2 Å². The number of rotatable bonds is 7. The maximum Gasteiger partial charge on any atom is 0.146 e. The molecule has 2 rings (SSSR count). The molecule has 19 heavy (non-hydrogen) atoms. The maximum absolute atomic E-state index is 14.1. The lowest BCUT2D eigenvalue weighted by Gasteiger charge is -2.36. The summed E-state index contributed by atoms with van der Waals surface area (Å²) in [5.74, 6) is -0.125. The highest BCUT2D eigenvalue weighted by molar-refractivity contribution is 5.49. The van der Waals surface area contributed by atoms with Crippen molar-refractivity contribution in [3.63, 3.8) is 0 Å². The lowest BCUT2D eigenvalue weighted by atomic mass is 9.91. The molecule has 1 aliphatic carbocycles. The first kappa shape index (κ1) is 14.3. The molecule has 0 aromatic heterocycles. The zero-order chi connectivity index (χ0) is 13.7. The molecule has 106 valence electrons. The molecule has 1 aliphatic rings. The van der Waals surface area contributed by atoms with E-state index in [1.807, 2.05) is 19.2 Å². The minimum Gasteiger partial charge on any atom is -0.383 e. The summed E-state index contributed by atoms with van der Waals surface area (Å²) in [6, 6.07) is 6.03. The summed E-state index contributed by atoms with van der Waals surface area (Å²) in [5, 5.41) is 3.22. The van der Waals surface area contributed by atoms with Crippen LogP contribution in [0.1, 0.15) is 24.8 Å². The molecule has 0 radical (unpaired) electrons. The molecular weight excluding hydrogens is 243 g/mol. The van der Waals surface area contributed by atoms with Gasteiger partial charge in [0.25, 0.3) is 0 Å². The monoisotopic (exact) mass is 266 g/mol. The van der Waals surface area contributed by atoms with E-state index in [1.54, 1.807) is 13.2 Å². The number of nitrogens with zero attached hydrogens (tertiary/aromatic N) is 1. The maximum atomic E-state index is 14.1. The van der Waals surface area contributed by atoms with E-state index in [1.165, 1.54) is 19.3 Å². The first-order valence-corrected chi connectivity index (χ1v) is 6.93. The van der Waals surface area contributed by atoms with Crippen molar-refractivity contribution >= 4 is 5.69 Å². The molecule has 0 spiro atoms. The molecule has 0 atom stereocenters. The number of halogens is 1. The molecule has 0 aliphatic heterocycles. The number of hydrogen-bond donors (Lipinski definition) is 1. The Labute approximate surface area is 114 Å². The van der Waals surface area contributed by atoms with Gasteiger partial charge in [-0.2, -0.15) is 0 Å². The van der Waals surface area contributed by atoms with E-state index in [4.69, 9.17) is 4.74 Å². The van der Waals surface area contributed by atoms with E-state index in [-0.39, 0.29) is 5.82 Å². The van der Waals surface area contributed by atoms with Gasteiger partial charge in [0.2, 0.25) is 0 Å². The first-order chi connectivity index (χ1) is 9.22. The highest BCUT2D eigenvalue weighted by atomic mass is 19.1. The molecule has 1 aromatic carbocycles. The number of benzene rings is 1. The summed E-state index contributed by atoms with van der Waals surface area (Å²) in [4.78, 5) is 2.07. The van der Waals surface area contributed by atoms with Crippen molar-refractivity contribution in [2.75, 3.05) is 32.2 Å². The van der Waals surface area contributed by atoms with E-state index in [9.17, 15) is 4.39 Å². The van der Waals surface area contributed by atoms with Crippen molar-refractivity contribution in [3.8, 4) is 0 Å². The molecule has 0 bridgehead atoms. The number of anilines is 1. The third-order valence-electron chi connectivity index (χ3n) is 3.83. The zero-order valence-electron chi connectivity index (χ0n) is 11.8. The topological polar surface area (TPSA) is 24.5 Å². The SMILES string of the molecule is COCCNCc1ccc(N(C)C2CCC2)c(F)c1. The normalized spacial score (nSPS) is 15.3. The number of nitrogens with one attached hydrogen (secondary N) is 1. The second-order valence-corrected chi connectivity index (χ2v) is 5.15. The van der Waals surface area contributed by atoms with Gasteiger partial charge in [-0.3, -0.25) is 0 Å². The Hall–Kier alpha value is -1.13. The van der Waals surface area contributed by atoms with Crippen molar-refractivity contribution in [3.05, 3.63) is 29.6 Å². The Kier molecular flexibility index (Phi) is 5.16. The van der Waals surface area contributed by atoms with Gasteiger partial charge in [0.1, 0.15) is 5.82 Å². The van der Waals surface area contributed by atoms with Crippen LogP contribution in [-0.4, -0.2) is 33.4 Å². The lowest BCUT2D eigenvalue weighted by molar-refractivity contribution is 0.199. The van der Waals surface area contributed by atoms with Gasteiger partial charge in [-0.15, -0.1) is 0 Å². The third kappa shape index (κ3) is 3.67. The largest absolute Gasteiger partial charge is 0.383 e. The molecule has 0 unspecified atom stereocenters. The Morgan fingerprint density at radius 2 is 2.21 bits per heavy atom. The highest BCUT2D eigenvalue weighted by Gasteiger charge is 2.23. The van der Waals surface area contributed by atoms with E-state index < -0.39 is 0 Å². The van der Waals surface area contributed by atoms with Crippen molar-refractivity contribution < 1.29 is 9.13 Å². The van der Waals surface area contributed by atoms with Crippen LogP contribution in [0.25, 0.3) is 0 Å². The van der Waals surface area contributed by atoms with Crippen LogP contribution in [0.3, 0.4) is 0 Å². The van der Waals surface area contributed by atoms with Gasteiger partial charge < -0.3 is 15.0 Å². The summed E-state index contributed by atoms with van der Waals surface area (Å²) in [5.41, 5.74) is 1.68. The van der Waals surface area contributed by atoms with Crippen LogP contribution >= 0.6 is 0 Å². The van der Waals surface area contributed by atoms with E-state index >= 15 is 0 Å². The Bertz CT molecular complexity index is 407. The van der Waals surface area contributed by atoms with Gasteiger partial charge in [0.05, 0.1) is 12.3 Å². The van der Waals surface area contributed by atoms with Crippen molar-refractivity contribution in [1.29, 1.82) is 0 Å². The minimum absolute atomic E-state index is 0.125. The molecule has 0 amide bonds. The average Bonchev–Trinajstić information content (AvgIpc) is 2.32. The quantitative estimate of drug-likeness (QED) is 0.768. The summed E-state index contributed by atoms with van der Waals surface area (Å²) < 4.78 is 19.1. The first-order valence-electron chi connectivity index (χ1n) is 6.93. The smallest absolute Gasteiger partial charge is 0.146 e. The second kappa shape index (κ2) is 6.87. The van der Waals surface area contributed by atoms with Crippen molar-refractivity contribution in [1.82, 2.24) is 5.32 Å². The van der Waals surface area contributed by atoms with Gasteiger partial charge in [-0.1, -0.05) is 6.07 Å². The van der Waals surface area contributed by atoms with Crippen molar-refractivity contribution in [2.24, 2.45) is 0 Å². The predicted octanol–water partition coefficient (Wildman–Crippen LogP) is 2.55. The Morgan fingerprint density at radius 3 is 2.79 bits per heavy atom. The molecule has 1 aromatic rings. The number of hydrogen-bond acceptors (Lipinski definition) is 3. The van der Waals surface area contributed by atoms with E-state index in [0.29, 0.717) is 24.9 Å². The van der Waals surface area contributed by atoms with Crippen LogP contribution in [0.4, 0.5) is 10.1 Å². The molecule has 4 heteroatoms. The molecule has 0 heterocycles. The van der Waals surface area contributed by atoms with Crippen LogP contribution < -0.4 is 10.2 Å². The van der Waals surface area contributed by atoms with Gasteiger partial charge in [0, 0.05) is 33.3 Å². The van der Waals surface area contributed by atoms with Crippen molar-refractivity contribution in [2.45, 2.75) is 31.8 Å². The summed E-state index contributed by atoms with van der Waals surface area (Å²) in [7, 11) is 3.66. The fourth-order valence-electron chi connectivity index (χ4n) is 2.32. The third-order valence-corrected chi connectivity index (χ3v) is 3.83. The molecule has 1 fully saturated rings. The molecule has 3 nitrogen and oxygen atoms in total. The van der Waals surface area contributed by atoms with Crippen LogP contribution in [0.2, 0.25) is 0 Å². The number of ether oxygens (including phenoxy) is 1. The van der Waals surface area contributed by atoms with Gasteiger partial charge in [0.15, 0.2) is 0 Å². The van der Waals surface area contributed by atoms with Gasteiger partial charge in [-0.05, 0) is 37.0 Å². The van der Waals surface area contributed by atoms with Crippen LogP contribution in [-0.2, 0) is 11.3 Å². The summed E-state index contributed by atoms with van der Waals surface area (Å²) in [6.45, 7) is 2.13. The van der Waals surface area contributed by atoms with Gasteiger partial charge >= 0.3 is 0 Å². The zero-order valence-corrected chi connectivity index (χ0v) is 11.8. The molecule has 1 saturated carbocycles.